The summed E-state index contributed by atoms with van der Waals surface area (Å²) in [5, 5.41) is 5.78. The summed E-state index contributed by atoms with van der Waals surface area (Å²) in [4.78, 5) is 26.7. The van der Waals surface area contributed by atoms with Crippen molar-refractivity contribution in [2.24, 2.45) is 0 Å². The minimum atomic E-state index is -0.317. The summed E-state index contributed by atoms with van der Waals surface area (Å²) in [7, 11) is 0. The summed E-state index contributed by atoms with van der Waals surface area (Å²) in [6, 6.07) is 14.0. The first-order valence-corrected chi connectivity index (χ1v) is 10.6. The second kappa shape index (κ2) is 11.9. The molecule has 0 bridgehead atoms. The van der Waals surface area contributed by atoms with E-state index >= 15 is 0 Å². The maximum Gasteiger partial charge on any atom is 0.257 e. The third-order valence-electron chi connectivity index (χ3n) is 4.53. The highest BCUT2D eigenvalue weighted by Crippen LogP contribution is 2.14. The number of hydrogen-bond acceptors (Lipinski definition) is 4. The lowest BCUT2D eigenvalue weighted by Gasteiger charge is -2.19. The van der Waals surface area contributed by atoms with Crippen LogP contribution in [0.15, 0.2) is 48.5 Å². The van der Waals surface area contributed by atoms with E-state index in [1.807, 2.05) is 13.8 Å². The van der Waals surface area contributed by atoms with Crippen LogP contribution < -0.4 is 15.4 Å². The van der Waals surface area contributed by atoms with Crippen molar-refractivity contribution in [3.8, 4) is 5.75 Å². The summed E-state index contributed by atoms with van der Waals surface area (Å²) in [5.41, 5.74) is 1.68. The highest BCUT2D eigenvalue weighted by atomic mass is 32.1. The van der Waals surface area contributed by atoms with Gasteiger partial charge in [0.2, 0.25) is 0 Å². The van der Waals surface area contributed by atoms with Gasteiger partial charge in [0, 0.05) is 29.9 Å². The van der Waals surface area contributed by atoms with E-state index in [1.54, 1.807) is 53.4 Å². The number of unbranched alkanes of at least 4 members (excludes halogenated alkanes) is 1. The minimum Gasteiger partial charge on any atom is -0.494 e. The fraction of sp³-hybridized carbons (Fsp3) is 0.348. The van der Waals surface area contributed by atoms with Crippen LogP contribution in [0.4, 0.5) is 5.69 Å². The van der Waals surface area contributed by atoms with Gasteiger partial charge in [-0.15, -0.1) is 0 Å². The number of carbonyl (C=O) groups excluding carboxylic acids is 2. The average Bonchev–Trinajstić information content (AvgIpc) is 2.75. The van der Waals surface area contributed by atoms with Gasteiger partial charge in [-0.2, -0.15) is 0 Å². The van der Waals surface area contributed by atoms with Crippen molar-refractivity contribution in [2.45, 2.75) is 33.6 Å². The smallest absolute Gasteiger partial charge is 0.257 e. The Morgan fingerprint density at radius 3 is 2.33 bits per heavy atom. The molecule has 0 aliphatic carbocycles. The van der Waals surface area contributed by atoms with Crippen molar-refractivity contribution in [1.29, 1.82) is 0 Å². The number of hydrogen-bond donors (Lipinski definition) is 2. The fourth-order valence-electron chi connectivity index (χ4n) is 2.80. The number of amides is 2. The van der Waals surface area contributed by atoms with Crippen molar-refractivity contribution in [2.75, 3.05) is 25.0 Å². The molecule has 0 aliphatic heterocycles. The van der Waals surface area contributed by atoms with E-state index in [1.165, 1.54) is 0 Å². The molecular weight excluding hydrogens is 398 g/mol. The zero-order valence-electron chi connectivity index (χ0n) is 17.7. The van der Waals surface area contributed by atoms with Crippen molar-refractivity contribution >= 4 is 34.8 Å². The van der Waals surface area contributed by atoms with Gasteiger partial charge in [0.25, 0.3) is 11.8 Å². The number of thiocarbonyl (C=S) groups is 1. The van der Waals surface area contributed by atoms with Crippen LogP contribution in [0.3, 0.4) is 0 Å². The van der Waals surface area contributed by atoms with Crippen LogP contribution in [-0.4, -0.2) is 41.5 Å². The predicted octanol–water partition coefficient (Wildman–Crippen LogP) is 4.47. The monoisotopic (exact) mass is 427 g/mol. The molecule has 2 aromatic rings. The molecule has 0 radical (unpaired) electrons. The van der Waals surface area contributed by atoms with Gasteiger partial charge in [-0.25, -0.2) is 0 Å². The van der Waals surface area contributed by atoms with Gasteiger partial charge >= 0.3 is 0 Å². The molecule has 0 spiro atoms. The van der Waals surface area contributed by atoms with Gasteiger partial charge < -0.3 is 15.0 Å². The zero-order chi connectivity index (χ0) is 21.9. The fourth-order valence-corrected chi connectivity index (χ4v) is 3.01. The van der Waals surface area contributed by atoms with E-state index in [4.69, 9.17) is 17.0 Å². The Morgan fingerprint density at radius 1 is 1.00 bits per heavy atom. The van der Waals surface area contributed by atoms with E-state index in [2.05, 4.69) is 17.6 Å². The summed E-state index contributed by atoms with van der Waals surface area (Å²) in [6.45, 7) is 7.93. The van der Waals surface area contributed by atoms with Gasteiger partial charge in [-0.05, 0) is 75.0 Å². The summed E-state index contributed by atoms with van der Waals surface area (Å²) in [6.07, 6.45) is 2.06. The second-order valence-electron chi connectivity index (χ2n) is 6.69. The van der Waals surface area contributed by atoms with Crippen molar-refractivity contribution in [1.82, 2.24) is 10.2 Å². The molecule has 0 fully saturated rings. The number of benzene rings is 2. The SMILES string of the molecule is CCCCOc1ccc(C(=O)NC(=S)Nc2cccc(C(=O)N(CC)CC)c2)cc1. The number of rotatable bonds is 9. The van der Waals surface area contributed by atoms with Crippen molar-refractivity contribution < 1.29 is 14.3 Å². The first-order chi connectivity index (χ1) is 14.5. The average molecular weight is 428 g/mol. The molecule has 0 saturated carbocycles. The van der Waals surface area contributed by atoms with Gasteiger partial charge in [-0.3, -0.25) is 14.9 Å². The van der Waals surface area contributed by atoms with E-state index in [9.17, 15) is 9.59 Å². The van der Waals surface area contributed by atoms with Crippen LogP contribution >= 0.6 is 12.2 Å². The second-order valence-corrected chi connectivity index (χ2v) is 7.10. The van der Waals surface area contributed by atoms with Crippen LogP contribution in [0.2, 0.25) is 0 Å². The standard InChI is InChI=1S/C23H29N3O3S/c1-4-7-15-29-20-13-11-17(12-14-20)21(27)25-23(30)24-19-10-8-9-18(16-19)22(28)26(5-2)6-3/h8-14,16H,4-7,15H2,1-3H3,(H2,24,25,27,30). The van der Waals surface area contributed by atoms with Gasteiger partial charge in [0.05, 0.1) is 6.61 Å². The lowest BCUT2D eigenvalue weighted by molar-refractivity contribution is 0.0772. The number of carbonyl (C=O) groups is 2. The topological polar surface area (TPSA) is 70.7 Å². The number of anilines is 1. The zero-order valence-corrected chi connectivity index (χ0v) is 18.6. The molecule has 0 atom stereocenters. The maximum atomic E-state index is 12.5. The molecule has 160 valence electrons. The van der Waals surface area contributed by atoms with Gasteiger partial charge in [0.1, 0.15) is 5.75 Å². The number of nitrogens with zero attached hydrogens (tertiary/aromatic N) is 1. The van der Waals surface area contributed by atoms with Crippen LogP contribution in [0.25, 0.3) is 0 Å². The molecule has 30 heavy (non-hydrogen) atoms. The lowest BCUT2D eigenvalue weighted by Crippen LogP contribution is -2.34. The maximum absolute atomic E-state index is 12.5. The summed E-state index contributed by atoms with van der Waals surface area (Å²) in [5.74, 6) is 0.373. The van der Waals surface area contributed by atoms with Crippen molar-refractivity contribution in [3.05, 3.63) is 59.7 Å². The lowest BCUT2D eigenvalue weighted by atomic mass is 10.1. The largest absolute Gasteiger partial charge is 0.494 e. The molecule has 0 unspecified atom stereocenters. The Labute approximate surface area is 183 Å². The van der Waals surface area contributed by atoms with E-state index < -0.39 is 0 Å². The normalized spacial score (nSPS) is 10.2. The molecule has 0 saturated heterocycles. The first-order valence-electron chi connectivity index (χ1n) is 10.2. The third kappa shape index (κ3) is 6.84. The predicted molar refractivity (Wildman–Crippen MR) is 124 cm³/mol. The summed E-state index contributed by atoms with van der Waals surface area (Å²) < 4.78 is 5.60. The molecule has 0 aliphatic rings. The summed E-state index contributed by atoms with van der Waals surface area (Å²) >= 11 is 5.25. The van der Waals surface area contributed by atoms with Gasteiger partial charge in [0.15, 0.2) is 5.11 Å². The Hall–Kier alpha value is -2.93. The molecule has 2 amide bonds. The molecular formula is C23H29N3O3S. The van der Waals surface area contributed by atoms with Crippen molar-refractivity contribution in [3.63, 3.8) is 0 Å². The Bertz CT molecular complexity index is 864. The molecule has 2 rings (SSSR count). The molecule has 6 nitrogen and oxygen atoms in total. The Kier molecular flexibility index (Phi) is 9.28. The molecule has 7 heteroatoms. The molecule has 2 N–H and O–H groups in total. The Morgan fingerprint density at radius 2 is 1.70 bits per heavy atom. The van der Waals surface area contributed by atoms with E-state index in [0.29, 0.717) is 36.5 Å². The van der Waals surface area contributed by atoms with Gasteiger partial charge in [-0.1, -0.05) is 19.4 Å². The van der Waals surface area contributed by atoms with Crippen LogP contribution in [0.5, 0.6) is 5.75 Å². The first kappa shape index (κ1) is 23.3. The van der Waals surface area contributed by atoms with E-state index in [-0.39, 0.29) is 16.9 Å². The van der Waals surface area contributed by atoms with Crippen LogP contribution in [0.1, 0.15) is 54.3 Å². The van der Waals surface area contributed by atoms with E-state index in [0.717, 1.165) is 18.6 Å². The molecule has 0 heterocycles. The number of nitrogens with one attached hydrogen (secondary N) is 2. The molecule has 2 aromatic carbocycles. The highest BCUT2D eigenvalue weighted by Gasteiger charge is 2.13. The minimum absolute atomic E-state index is 0.0418. The number of ether oxygens (including phenoxy) is 1. The van der Waals surface area contributed by atoms with Crippen LogP contribution in [-0.2, 0) is 0 Å². The quantitative estimate of drug-likeness (QED) is 0.456. The highest BCUT2D eigenvalue weighted by molar-refractivity contribution is 7.80. The van der Waals surface area contributed by atoms with Crippen LogP contribution in [0, 0.1) is 0 Å². The third-order valence-corrected chi connectivity index (χ3v) is 4.73. The molecule has 0 aromatic heterocycles. The Balaban J connectivity index is 1.94.